The summed E-state index contributed by atoms with van der Waals surface area (Å²) in [6.07, 6.45) is 5.97. The van der Waals surface area contributed by atoms with Gasteiger partial charge in [-0.05, 0) is 32.4 Å². The lowest BCUT2D eigenvalue weighted by atomic mass is 10.3. The van der Waals surface area contributed by atoms with Crippen LogP contribution in [0.25, 0.3) is 0 Å². The van der Waals surface area contributed by atoms with Crippen molar-refractivity contribution in [1.29, 1.82) is 0 Å². The van der Waals surface area contributed by atoms with E-state index in [9.17, 15) is 14.9 Å². The van der Waals surface area contributed by atoms with Crippen LogP contribution in [0.15, 0.2) is 30.7 Å². The van der Waals surface area contributed by atoms with E-state index in [-0.39, 0.29) is 24.0 Å². The van der Waals surface area contributed by atoms with Crippen molar-refractivity contribution in [3.8, 4) is 0 Å². The van der Waals surface area contributed by atoms with Gasteiger partial charge in [0.1, 0.15) is 23.8 Å². The lowest BCUT2D eigenvalue weighted by molar-refractivity contribution is -0.386. The molecular weight excluding hydrogens is 352 g/mol. The summed E-state index contributed by atoms with van der Waals surface area (Å²) >= 11 is 0. The van der Waals surface area contributed by atoms with E-state index in [4.69, 9.17) is 0 Å². The Morgan fingerprint density at radius 3 is 2.74 bits per heavy atom. The molecule has 3 aromatic rings. The number of rotatable bonds is 8. The molecule has 0 aromatic carbocycles. The van der Waals surface area contributed by atoms with E-state index in [2.05, 4.69) is 20.6 Å². The first-order valence-corrected chi connectivity index (χ1v) is 8.43. The maximum absolute atomic E-state index is 12.2. The van der Waals surface area contributed by atoms with Crippen molar-refractivity contribution in [2.24, 2.45) is 0 Å². The van der Waals surface area contributed by atoms with Crippen molar-refractivity contribution >= 4 is 11.6 Å². The Kier molecular flexibility index (Phi) is 5.29. The zero-order valence-corrected chi connectivity index (χ0v) is 15.1. The fourth-order valence-electron chi connectivity index (χ4n) is 2.75. The highest BCUT2D eigenvalue weighted by molar-refractivity contribution is 5.92. The predicted molar refractivity (Wildman–Crippen MR) is 95.2 cm³/mol. The van der Waals surface area contributed by atoms with Crippen LogP contribution in [-0.2, 0) is 13.2 Å². The van der Waals surface area contributed by atoms with E-state index in [1.165, 1.54) is 9.36 Å². The highest BCUT2D eigenvalue weighted by atomic mass is 16.6. The van der Waals surface area contributed by atoms with Crippen molar-refractivity contribution in [1.82, 2.24) is 34.7 Å². The number of nitrogens with one attached hydrogen (secondary N) is 1. The van der Waals surface area contributed by atoms with Crippen LogP contribution in [0.2, 0.25) is 0 Å². The number of nitro groups is 1. The average Bonchev–Trinajstić information content (AvgIpc) is 3.34. The van der Waals surface area contributed by atoms with Crippen LogP contribution in [0.3, 0.4) is 0 Å². The van der Waals surface area contributed by atoms with Gasteiger partial charge in [-0.1, -0.05) is 0 Å². The van der Waals surface area contributed by atoms with Gasteiger partial charge in [0, 0.05) is 31.7 Å². The highest BCUT2D eigenvalue weighted by Crippen LogP contribution is 2.21. The van der Waals surface area contributed by atoms with Crippen LogP contribution in [-0.4, -0.2) is 46.7 Å². The van der Waals surface area contributed by atoms with Gasteiger partial charge in [0.2, 0.25) is 0 Å². The van der Waals surface area contributed by atoms with Crippen LogP contribution in [0, 0.1) is 24.0 Å². The molecule has 0 bridgehead atoms. The molecule has 11 heteroatoms. The van der Waals surface area contributed by atoms with E-state index in [1.807, 2.05) is 12.3 Å². The summed E-state index contributed by atoms with van der Waals surface area (Å²) in [6, 6.07) is 3.45. The Balaban J connectivity index is 1.55. The molecule has 0 saturated carbocycles. The number of hydrogen-bond acceptors (Lipinski definition) is 6. The van der Waals surface area contributed by atoms with E-state index >= 15 is 0 Å². The summed E-state index contributed by atoms with van der Waals surface area (Å²) < 4.78 is 4.81. The lowest BCUT2D eigenvalue weighted by Crippen LogP contribution is -2.26. The number of carbonyl (C=O) groups is 1. The van der Waals surface area contributed by atoms with Crippen LogP contribution in [0.5, 0.6) is 0 Å². The van der Waals surface area contributed by atoms with Gasteiger partial charge >= 0.3 is 5.69 Å². The molecule has 0 aliphatic carbocycles. The van der Waals surface area contributed by atoms with Crippen LogP contribution in [0.4, 0.5) is 5.69 Å². The molecule has 3 rings (SSSR count). The normalized spacial score (nSPS) is 10.9. The molecule has 0 spiro atoms. The SMILES string of the molecule is Cc1nn(Cn2ccc(C(=O)NCCCn3cccn3)n2)c(C)c1[N+](=O)[O-]. The van der Waals surface area contributed by atoms with Crippen molar-refractivity contribution in [3.63, 3.8) is 0 Å². The fraction of sp³-hybridized carbons (Fsp3) is 0.375. The molecule has 0 aliphatic rings. The van der Waals surface area contributed by atoms with Crippen molar-refractivity contribution in [2.75, 3.05) is 6.54 Å². The summed E-state index contributed by atoms with van der Waals surface area (Å²) in [5.74, 6) is -0.270. The maximum atomic E-state index is 12.2. The van der Waals surface area contributed by atoms with Gasteiger partial charge in [-0.2, -0.15) is 15.3 Å². The van der Waals surface area contributed by atoms with Crippen molar-refractivity contribution in [3.05, 3.63) is 57.9 Å². The Bertz CT molecular complexity index is 941. The van der Waals surface area contributed by atoms with Crippen LogP contribution >= 0.6 is 0 Å². The summed E-state index contributed by atoms with van der Waals surface area (Å²) in [4.78, 5) is 22.8. The Morgan fingerprint density at radius 2 is 2.07 bits per heavy atom. The second-order valence-electron chi connectivity index (χ2n) is 6.04. The smallest absolute Gasteiger partial charge is 0.312 e. The number of hydrogen-bond donors (Lipinski definition) is 1. The third kappa shape index (κ3) is 4.19. The van der Waals surface area contributed by atoms with Crippen molar-refractivity contribution < 1.29 is 9.72 Å². The van der Waals surface area contributed by atoms with Gasteiger partial charge in [0.25, 0.3) is 5.91 Å². The topological polar surface area (TPSA) is 126 Å². The number of carbonyl (C=O) groups excluding carboxylic acids is 1. The largest absolute Gasteiger partial charge is 0.351 e. The molecule has 0 unspecified atom stereocenters. The van der Waals surface area contributed by atoms with Gasteiger partial charge in [-0.3, -0.25) is 24.3 Å². The predicted octanol–water partition coefficient (Wildman–Crippen LogP) is 1.13. The summed E-state index contributed by atoms with van der Waals surface area (Å²) in [6.45, 7) is 4.64. The quantitative estimate of drug-likeness (QED) is 0.359. The number of aromatic nitrogens is 6. The first kappa shape index (κ1) is 18.3. The van der Waals surface area contributed by atoms with Gasteiger partial charge < -0.3 is 5.32 Å². The molecule has 0 saturated heterocycles. The van der Waals surface area contributed by atoms with Gasteiger partial charge in [0.05, 0.1) is 4.92 Å². The first-order chi connectivity index (χ1) is 13.0. The molecule has 142 valence electrons. The molecule has 3 aromatic heterocycles. The molecule has 27 heavy (non-hydrogen) atoms. The van der Waals surface area contributed by atoms with Crippen LogP contribution < -0.4 is 5.32 Å². The minimum Gasteiger partial charge on any atom is -0.351 e. The third-order valence-corrected chi connectivity index (χ3v) is 4.09. The monoisotopic (exact) mass is 372 g/mol. The van der Waals surface area contributed by atoms with E-state index in [0.717, 1.165) is 13.0 Å². The van der Waals surface area contributed by atoms with Gasteiger partial charge in [-0.15, -0.1) is 0 Å². The minimum atomic E-state index is -0.445. The molecule has 0 aliphatic heterocycles. The molecule has 11 nitrogen and oxygen atoms in total. The zero-order valence-electron chi connectivity index (χ0n) is 15.1. The summed E-state index contributed by atoms with van der Waals surface area (Å²) in [5, 5.41) is 26.4. The number of nitrogens with zero attached hydrogens (tertiary/aromatic N) is 7. The number of aryl methyl sites for hydroxylation is 2. The average molecular weight is 372 g/mol. The lowest BCUT2D eigenvalue weighted by Gasteiger charge is -2.05. The van der Waals surface area contributed by atoms with E-state index in [0.29, 0.717) is 17.9 Å². The third-order valence-electron chi connectivity index (χ3n) is 4.09. The summed E-state index contributed by atoms with van der Waals surface area (Å²) in [5.41, 5.74) is 1.07. The Labute approximate surface area is 154 Å². The van der Waals surface area contributed by atoms with Crippen molar-refractivity contribution in [2.45, 2.75) is 33.5 Å². The van der Waals surface area contributed by atoms with Gasteiger partial charge in [-0.25, -0.2) is 4.68 Å². The number of amides is 1. The first-order valence-electron chi connectivity index (χ1n) is 8.43. The molecule has 0 fully saturated rings. The van der Waals surface area contributed by atoms with Gasteiger partial charge in [0.15, 0.2) is 0 Å². The molecule has 1 N–H and O–H groups in total. The molecular formula is C16H20N8O3. The highest BCUT2D eigenvalue weighted by Gasteiger charge is 2.22. The molecule has 0 atom stereocenters. The van der Waals surface area contributed by atoms with E-state index < -0.39 is 4.92 Å². The standard InChI is InChI=1S/C16H20N8O3/c1-12-15(24(26)27)13(2)23(19-12)11-22-10-5-14(20-22)16(25)17-6-3-8-21-9-4-7-18-21/h4-5,7,9-10H,3,6,8,11H2,1-2H3,(H,17,25). The Morgan fingerprint density at radius 1 is 1.26 bits per heavy atom. The fourth-order valence-corrected chi connectivity index (χ4v) is 2.75. The second kappa shape index (κ2) is 7.81. The molecule has 0 radical (unpaired) electrons. The van der Waals surface area contributed by atoms with E-state index in [1.54, 1.807) is 37.0 Å². The zero-order chi connectivity index (χ0) is 19.4. The second-order valence-corrected chi connectivity index (χ2v) is 6.04. The summed E-state index contributed by atoms with van der Waals surface area (Å²) in [7, 11) is 0. The Hall–Kier alpha value is -3.50. The minimum absolute atomic E-state index is 0.00250. The molecule has 1 amide bonds. The maximum Gasteiger partial charge on any atom is 0.312 e. The molecule has 3 heterocycles. The van der Waals surface area contributed by atoms with Crippen LogP contribution in [0.1, 0.15) is 28.3 Å².